The first-order valence-electron chi connectivity index (χ1n) is 7.85. The van der Waals surface area contributed by atoms with Crippen molar-refractivity contribution in [2.24, 2.45) is 0 Å². The molecule has 0 spiro atoms. The molecule has 8 nitrogen and oxygen atoms in total. The minimum Gasteiger partial charge on any atom is -0.493 e. The summed E-state index contributed by atoms with van der Waals surface area (Å²) in [5.74, 6) is 1.33. The molecule has 26 heavy (non-hydrogen) atoms. The van der Waals surface area contributed by atoms with Gasteiger partial charge >= 0.3 is 12.0 Å². The summed E-state index contributed by atoms with van der Waals surface area (Å²) in [5.41, 5.74) is 1.49. The molecule has 2 N–H and O–H groups in total. The van der Waals surface area contributed by atoms with E-state index >= 15 is 0 Å². The van der Waals surface area contributed by atoms with Gasteiger partial charge in [0.05, 0.1) is 26.3 Å². The molecule has 0 radical (unpaired) electrons. The molecule has 3 aromatic rings. The van der Waals surface area contributed by atoms with E-state index < -0.39 is 6.03 Å². The van der Waals surface area contributed by atoms with Gasteiger partial charge in [0.1, 0.15) is 0 Å². The van der Waals surface area contributed by atoms with E-state index in [1.807, 2.05) is 30.3 Å². The van der Waals surface area contributed by atoms with E-state index in [0.717, 1.165) is 5.56 Å². The van der Waals surface area contributed by atoms with Crippen LogP contribution in [0.4, 0.5) is 16.5 Å². The van der Waals surface area contributed by atoms with Crippen LogP contribution in [0.15, 0.2) is 52.9 Å². The van der Waals surface area contributed by atoms with Crippen LogP contribution in [0, 0.1) is 0 Å². The Labute approximate surface area is 150 Å². The number of benzene rings is 2. The molecule has 0 fully saturated rings. The molecule has 2 amide bonds. The third kappa shape index (κ3) is 4.10. The van der Waals surface area contributed by atoms with Gasteiger partial charge in [-0.05, 0) is 17.7 Å². The zero-order valence-electron chi connectivity index (χ0n) is 14.4. The van der Waals surface area contributed by atoms with E-state index in [1.165, 1.54) is 14.2 Å². The number of carbonyl (C=O) groups excluding carboxylic acids is 1. The number of amides is 2. The summed E-state index contributed by atoms with van der Waals surface area (Å²) < 4.78 is 15.9. The largest absolute Gasteiger partial charge is 0.493 e. The Kier molecular flexibility index (Phi) is 5.33. The molecule has 134 valence electrons. The maximum absolute atomic E-state index is 12.2. The fourth-order valence-corrected chi connectivity index (χ4v) is 2.38. The van der Waals surface area contributed by atoms with Crippen molar-refractivity contribution in [3.05, 3.63) is 60.0 Å². The topological polar surface area (TPSA) is 98.5 Å². The lowest BCUT2D eigenvalue weighted by molar-refractivity contribution is 0.261. The fourth-order valence-electron chi connectivity index (χ4n) is 2.38. The lowest BCUT2D eigenvalue weighted by Gasteiger charge is -2.12. The maximum atomic E-state index is 12.2. The molecule has 1 aromatic heterocycles. The van der Waals surface area contributed by atoms with E-state index in [2.05, 4.69) is 20.8 Å². The number of hydrogen-bond acceptors (Lipinski definition) is 6. The summed E-state index contributed by atoms with van der Waals surface area (Å²) in [6.45, 7) is 0. The van der Waals surface area contributed by atoms with E-state index in [-0.39, 0.29) is 6.01 Å². The first kappa shape index (κ1) is 17.3. The average Bonchev–Trinajstić information content (AvgIpc) is 3.08. The minimum atomic E-state index is -0.536. The van der Waals surface area contributed by atoms with Gasteiger partial charge in [0.25, 0.3) is 0 Å². The van der Waals surface area contributed by atoms with Crippen LogP contribution in [-0.2, 0) is 6.42 Å². The number of nitrogens with one attached hydrogen (secondary N) is 2. The second-order valence-electron chi connectivity index (χ2n) is 5.28. The molecule has 0 aliphatic heterocycles. The Morgan fingerprint density at radius 2 is 1.81 bits per heavy atom. The first-order valence-corrected chi connectivity index (χ1v) is 7.85. The standard InChI is InChI=1S/C18H18N4O4/c1-24-14-10-6-9-13(16(14)25-2)19-17(23)20-18-22-21-15(26-18)11-12-7-4-3-5-8-12/h3-10H,11H2,1-2H3,(H2,19,20,22,23). The van der Waals surface area contributed by atoms with Crippen molar-refractivity contribution in [1.29, 1.82) is 0 Å². The summed E-state index contributed by atoms with van der Waals surface area (Å²) in [6.07, 6.45) is 0.487. The molecule has 1 heterocycles. The van der Waals surface area contributed by atoms with Crippen molar-refractivity contribution in [2.45, 2.75) is 6.42 Å². The number of hydrogen-bond donors (Lipinski definition) is 2. The van der Waals surface area contributed by atoms with Crippen LogP contribution >= 0.6 is 0 Å². The zero-order valence-corrected chi connectivity index (χ0v) is 14.4. The molecule has 0 aliphatic rings. The van der Waals surface area contributed by atoms with Gasteiger partial charge in [-0.1, -0.05) is 41.5 Å². The van der Waals surface area contributed by atoms with Gasteiger partial charge in [0.15, 0.2) is 11.5 Å². The van der Waals surface area contributed by atoms with Crippen LogP contribution in [0.25, 0.3) is 0 Å². The van der Waals surface area contributed by atoms with E-state index in [1.54, 1.807) is 18.2 Å². The zero-order chi connectivity index (χ0) is 18.4. The quantitative estimate of drug-likeness (QED) is 0.704. The Hall–Kier alpha value is -3.55. The van der Waals surface area contributed by atoms with E-state index in [4.69, 9.17) is 13.9 Å². The number of ether oxygens (including phenoxy) is 2. The van der Waals surface area contributed by atoms with Crippen LogP contribution in [-0.4, -0.2) is 30.4 Å². The van der Waals surface area contributed by atoms with Crippen molar-refractivity contribution >= 4 is 17.7 Å². The number of aromatic nitrogens is 2. The Balaban J connectivity index is 1.64. The summed E-state index contributed by atoms with van der Waals surface area (Å²) in [6, 6.07) is 14.3. The summed E-state index contributed by atoms with van der Waals surface area (Å²) >= 11 is 0. The molecular weight excluding hydrogens is 336 g/mol. The number of rotatable bonds is 6. The van der Waals surface area contributed by atoms with Crippen LogP contribution in [0.1, 0.15) is 11.5 Å². The molecule has 0 atom stereocenters. The third-order valence-electron chi connectivity index (χ3n) is 3.54. The molecule has 0 bridgehead atoms. The molecule has 8 heteroatoms. The normalized spacial score (nSPS) is 10.2. The van der Waals surface area contributed by atoms with Gasteiger partial charge < -0.3 is 19.2 Å². The molecular formula is C18H18N4O4. The number of methoxy groups -OCH3 is 2. The Morgan fingerprint density at radius 3 is 2.54 bits per heavy atom. The number of urea groups is 1. The predicted octanol–water partition coefficient (Wildman–Crippen LogP) is 3.32. The highest BCUT2D eigenvalue weighted by Crippen LogP contribution is 2.34. The predicted molar refractivity (Wildman–Crippen MR) is 95.7 cm³/mol. The molecule has 0 saturated carbocycles. The second kappa shape index (κ2) is 8.02. The van der Waals surface area contributed by atoms with Crippen molar-refractivity contribution < 1.29 is 18.7 Å². The molecule has 0 saturated heterocycles. The third-order valence-corrected chi connectivity index (χ3v) is 3.54. The lowest BCUT2D eigenvalue weighted by Crippen LogP contribution is -2.20. The van der Waals surface area contributed by atoms with E-state index in [0.29, 0.717) is 29.5 Å². The van der Waals surface area contributed by atoms with Gasteiger partial charge in [-0.2, -0.15) is 0 Å². The highest BCUT2D eigenvalue weighted by Gasteiger charge is 2.14. The Bertz CT molecular complexity index is 880. The highest BCUT2D eigenvalue weighted by molar-refractivity contribution is 5.99. The van der Waals surface area contributed by atoms with Crippen molar-refractivity contribution in [1.82, 2.24) is 10.2 Å². The van der Waals surface area contributed by atoms with Crippen molar-refractivity contribution in [3.63, 3.8) is 0 Å². The van der Waals surface area contributed by atoms with Crippen LogP contribution in [0.2, 0.25) is 0 Å². The second-order valence-corrected chi connectivity index (χ2v) is 5.28. The smallest absolute Gasteiger partial charge is 0.327 e. The van der Waals surface area contributed by atoms with Gasteiger partial charge in [-0.25, -0.2) is 4.79 Å². The van der Waals surface area contributed by atoms with Crippen LogP contribution in [0.5, 0.6) is 11.5 Å². The maximum Gasteiger partial charge on any atom is 0.327 e. The van der Waals surface area contributed by atoms with Crippen LogP contribution < -0.4 is 20.1 Å². The number of anilines is 2. The minimum absolute atomic E-state index is 0.00953. The summed E-state index contributed by atoms with van der Waals surface area (Å²) in [4.78, 5) is 12.2. The van der Waals surface area contributed by atoms with Gasteiger partial charge in [-0.3, -0.25) is 5.32 Å². The SMILES string of the molecule is COc1cccc(NC(=O)Nc2nnc(Cc3ccccc3)o2)c1OC. The molecule has 3 rings (SSSR count). The highest BCUT2D eigenvalue weighted by atomic mass is 16.5. The van der Waals surface area contributed by atoms with Crippen LogP contribution in [0.3, 0.4) is 0 Å². The van der Waals surface area contributed by atoms with Crippen molar-refractivity contribution in [3.8, 4) is 11.5 Å². The monoisotopic (exact) mass is 354 g/mol. The molecule has 2 aromatic carbocycles. The van der Waals surface area contributed by atoms with Gasteiger partial charge in [-0.15, -0.1) is 5.10 Å². The summed E-state index contributed by atoms with van der Waals surface area (Å²) in [5, 5.41) is 12.9. The van der Waals surface area contributed by atoms with E-state index in [9.17, 15) is 4.79 Å². The van der Waals surface area contributed by atoms with Gasteiger partial charge in [0, 0.05) is 0 Å². The average molecular weight is 354 g/mol. The molecule has 0 aliphatic carbocycles. The summed E-state index contributed by atoms with van der Waals surface area (Å²) in [7, 11) is 3.02. The lowest BCUT2D eigenvalue weighted by atomic mass is 10.2. The van der Waals surface area contributed by atoms with Gasteiger partial charge in [0.2, 0.25) is 5.89 Å². The van der Waals surface area contributed by atoms with Crippen molar-refractivity contribution in [2.75, 3.05) is 24.9 Å². The Morgan fingerprint density at radius 1 is 1.00 bits per heavy atom. The fraction of sp³-hybridized carbons (Fsp3) is 0.167. The molecule has 0 unspecified atom stereocenters. The first-order chi connectivity index (χ1) is 12.7. The number of carbonyl (C=O) groups is 1. The number of nitrogens with zero attached hydrogens (tertiary/aromatic N) is 2. The number of para-hydroxylation sites is 1.